The maximum atomic E-state index is 10.3. The van der Waals surface area contributed by atoms with Crippen molar-refractivity contribution in [3.05, 3.63) is 52.6 Å². The maximum Gasteiger partial charge on any atom is 0.121 e. The quantitative estimate of drug-likeness (QED) is 0.860. The zero-order valence-electron chi connectivity index (χ0n) is 10.7. The zero-order chi connectivity index (χ0) is 12.6. The van der Waals surface area contributed by atoms with Crippen LogP contribution in [-0.4, -0.2) is 14.7 Å². The van der Waals surface area contributed by atoms with Crippen LogP contribution in [0.3, 0.4) is 0 Å². The molecule has 0 aliphatic rings. The molecule has 1 heterocycles. The molecule has 0 aliphatic heterocycles. The van der Waals surface area contributed by atoms with Gasteiger partial charge in [0.15, 0.2) is 0 Å². The summed E-state index contributed by atoms with van der Waals surface area (Å²) in [5.74, 6) is 0.905. The molecule has 2 aromatic rings. The van der Waals surface area contributed by atoms with E-state index in [0.29, 0.717) is 0 Å². The summed E-state index contributed by atoms with van der Waals surface area (Å²) in [6, 6.07) is 6.04. The molecular weight excluding hydrogens is 212 g/mol. The summed E-state index contributed by atoms with van der Waals surface area (Å²) < 4.78 is 1.92. The number of nitrogens with zero attached hydrogens (tertiary/aromatic N) is 2. The van der Waals surface area contributed by atoms with Crippen LogP contribution in [0.15, 0.2) is 24.4 Å². The third-order valence-electron chi connectivity index (χ3n) is 3.38. The molecule has 1 unspecified atom stereocenters. The summed E-state index contributed by atoms with van der Waals surface area (Å²) in [5.41, 5.74) is 4.17. The molecule has 0 radical (unpaired) electrons. The number of aryl methyl sites for hydroxylation is 3. The summed E-state index contributed by atoms with van der Waals surface area (Å²) in [7, 11) is 1.92. The number of hydrogen-bond donors (Lipinski definition) is 1. The van der Waals surface area contributed by atoms with Gasteiger partial charge < -0.3 is 9.67 Å². The number of aromatic nitrogens is 2. The number of aliphatic hydroxyl groups excluding tert-OH is 1. The van der Waals surface area contributed by atoms with Gasteiger partial charge >= 0.3 is 0 Å². The molecule has 0 amide bonds. The molecule has 1 atom stereocenters. The second-order valence-corrected chi connectivity index (χ2v) is 4.54. The minimum absolute atomic E-state index is 0.611. The molecule has 0 aliphatic carbocycles. The van der Waals surface area contributed by atoms with E-state index in [1.54, 1.807) is 6.20 Å². The van der Waals surface area contributed by atoms with Gasteiger partial charge in [0.2, 0.25) is 0 Å². The highest BCUT2D eigenvalue weighted by Crippen LogP contribution is 2.23. The van der Waals surface area contributed by atoms with Crippen molar-refractivity contribution in [2.45, 2.75) is 26.9 Å². The Morgan fingerprint density at radius 2 is 1.88 bits per heavy atom. The Morgan fingerprint density at radius 1 is 1.18 bits per heavy atom. The summed E-state index contributed by atoms with van der Waals surface area (Å²) in [5, 5.41) is 10.3. The van der Waals surface area contributed by atoms with E-state index in [-0.39, 0.29) is 0 Å². The van der Waals surface area contributed by atoms with E-state index < -0.39 is 6.10 Å². The van der Waals surface area contributed by atoms with E-state index in [4.69, 9.17) is 0 Å². The Balaban J connectivity index is 2.40. The molecule has 0 fully saturated rings. The Kier molecular flexibility index (Phi) is 3.03. The molecule has 0 saturated carbocycles. The van der Waals surface area contributed by atoms with Gasteiger partial charge in [0, 0.05) is 7.05 Å². The third-order valence-corrected chi connectivity index (χ3v) is 3.38. The SMILES string of the molecule is Cc1ccc(C(O)c2cnc(C)n2C)cc1C. The highest BCUT2D eigenvalue weighted by molar-refractivity contribution is 5.34. The zero-order valence-corrected chi connectivity index (χ0v) is 10.7. The highest BCUT2D eigenvalue weighted by atomic mass is 16.3. The molecule has 0 bridgehead atoms. The van der Waals surface area contributed by atoms with Gasteiger partial charge in [-0.25, -0.2) is 4.98 Å². The van der Waals surface area contributed by atoms with Crippen molar-refractivity contribution in [1.82, 2.24) is 9.55 Å². The largest absolute Gasteiger partial charge is 0.382 e. The molecule has 3 nitrogen and oxygen atoms in total. The summed E-state index contributed by atoms with van der Waals surface area (Å²) in [6.07, 6.45) is 1.12. The molecule has 0 saturated heterocycles. The number of benzene rings is 1. The monoisotopic (exact) mass is 230 g/mol. The van der Waals surface area contributed by atoms with Gasteiger partial charge in [0.1, 0.15) is 11.9 Å². The van der Waals surface area contributed by atoms with Crippen molar-refractivity contribution in [1.29, 1.82) is 0 Å². The van der Waals surface area contributed by atoms with E-state index in [9.17, 15) is 5.11 Å². The first-order valence-corrected chi connectivity index (χ1v) is 5.74. The van der Waals surface area contributed by atoms with Gasteiger partial charge in [-0.2, -0.15) is 0 Å². The smallest absolute Gasteiger partial charge is 0.121 e. The van der Waals surface area contributed by atoms with Crippen molar-refractivity contribution in [2.75, 3.05) is 0 Å². The molecule has 90 valence electrons. The van der Waals surface area contributed by atoms with Crippen molar-refractivity contribution in [3.8, 4) is 0 Å². The Labute approximate surface area is 102 Å². The predicted molar refractivity (Wildman–Crippen MR) is 67.9 cm³/mol. The van der Waals surface area contributed by atoms with Gasteiger partial charge in [0.05, 0.1) is 11.9 Å². The third kappa shape index (κ3) is 2.11. The number of hydrogen-bond acceptors (Lipinski definition) is 2. The van der Waals surface area contributed by atoms with Crippen molar-refractivity contribution in [2.24, 2.45) is 7.05 Å². The van der Waals surface area contributed by atoms with Crippen molar-refractivity contribution < 1.29 is 5.11 Å². The molecule has 1 aromatic heterocycles. The summed E-state index contributed by atoms with van der Waals surface area (Å²) in [6.45, 7) is 6.05. The van der Waals surface area contributed by atoms with Gasteiger partial charge in [-0.15, -0.1) is 0 Å². The van der Waals surface area contributed by atoms with Crippen molar-refractivity contribution >= 4 is 0 Å². The van der Waals surface area contributed by atoms with Crippen molar-refractivity contribution in [3.63, 3.8) is 0 Å². The Bertz CT molecular complexity index is 543. The fourth-order valence-electron chi connectivity index (χ4n) is 1.88. The van der Waals surface area contributed by atoms with Crippen LogP contribution < -0.4 is 0 Å². The van der Waals surface area contributed by atoms with Crippen LogP contribution in [0.25, 0.3) is 0 Å². The van der Waals surface area contributed by atoms with Crippen LogP contribution in [0.5, 0.6) is 0 Å². The fraction of sp³-hybridized carbons (Fsp3) is 0.357. The lowest BCUT2D eigenvalue weighted by Crippen LogP contribution is -2.07. The first kappa shape index (κ1) is 11.9. The van der Waals surface area contributed by atoms with Crippen LogP contribution >= 0.6 is 0 Å². The standard InChI is InChI=1S/C14H18N2O/c1-9-5-6-12(7-10(9)2)14(17)13-8-15-11(3)16(13)4/h5-8,14,17H,1-4H3. The van der Waals surface area contributed by atoms with E-state index in [0.717, 1.165) is 17.1 Å². The minimum atomic E-state index is -0.611. The van der Waals surface area contributed by atoms with E-state index in [1.165, 1.54) is 11.1 Å². The van der Waals surface area contributed by atoms with Crippen LogP contribution in [0, 0.1) is 20.8 Å². The maximum absolute atomic E-state index is 10.3. The second-order valence-electron chi connectivity index (χ2n) is 4.54. The minimum Gasteiger partial charge on any atom is -0.382 e. The Morgan fingerprint density at radius 3 is 2.41 bits per heavy atom. The lowest BCUT2D eigenvalue weighted by atomic mass is 10.0. The lowest BCUT2D eigenvalue weighted by Gasteiger charge is -2.13. The van der Waals surface area contributed by atoms with Crippen LogP contribution in [-0.2, 0) is 7.05 Å². The molecule has 1 N–H and O–H groups in total. The Hall–Kier alpha value is -1.61. The average molecular weight is 230 g/mol. The van der Waals surface area contributed by atoms with Crippen LogP contribution in [0.1, 0.15) is 34.3 Å². The second kappa shape index (κ2) is 4.34. The number of rotatable bonds is 2. The van der Waals surface area contributed by atoms with Gasteiger partial charge in [0.25, 0.3) is 0 Å². The predicted octanol–water partition coefficient (Wildman–Crippen LogP) is 2.43. The van der Waals surface area contributed by atoms with Crippen LogP contribution in [0.2, 0.25) is 0 Å². The molecule has 2 rings (SSSR count). The van der Waals surface area contributed by atoms with E-state index in [1.807, 2.05) is 36.7 Å². The molecule has 17 heavy (non-hydrogen) atoms. The topological polar surface area (TPSA) is 38.1 Å². The molecule has 0 spiro atoms. The van der Waals surface area contributed by atoms with E-state index >= 15 is 0 Å². The first-order valence-electron chi connectivity index (χ1n) is 5.74. The van der Waals surface area contributed by atoms with Gasteiger partial charge in [-0.3, -0.25) is 0 Å². The number of aliphatic hydroxyl groups is 1. The first-order chi connectivity index (χ1) is 8.00. The normalized spacial score (nSPS) is 12.8. The summed E-state index contributed by atoms with van der Waals surface area (Å²) in [4.78, 5) is 4.21. The molecule has 3 heteroatoms. The molecular formula is C14H18N2O. The highest BCUT2D eigenvalue weighted by Gasteiger charge is 2.15. The van der Waals surface area contributed by atoms with Gasteiger partial charge in [-0.1, -0.05) is 18.2 Å². The molecule has 1 aromatic carbocycles. The van der Waals surface area contributed by atoms with Crippen LogP contribution in [0.4, 0.5) is 0 Å². The van der Waals surface area contributed by atoms with E-state index in [2.05, 4.69) is 18.8 Å². The fourth-order valence-corrected chi connectivity index (χ4v) is 1.88. The summed E-state index contributed by atoms with van der Waals surface area (Å²) >= 11 is 0. The number of imidazole rings is 1. The van der Waals surface area contributed by atoms with Gasteiger partial charge in [-0.05, 0) is 37.5 Å². The lowest BCUT2D eigenvalue weighted by molar-refractivity contribution is 0.211. The average Bonchev–Trinajstić information content (AvgIpc) is 2.63.